The molecule has 0 bridgehead atoms. The van der Waals surface area contributed by atoms with Crippen molar-refractivity contribution in [3.05, 3.63) is 36.2 Å². The third kappa shape index (κ3) is 2.00. The summed E-state index contributed by atoms with van der Waals surface area (Å²) in [4.78, 5) is 18.5. The molecular weight excluding hydrogens is 214 g/mol. The van der Waals surface area contributed by atoms with Crippen molar-refractivity contribution in [2.45, 2.75) is 19.3 Å². The molecule has 3 rings (SSSR count). The predicted octanol–water partition coefficient (Wildman–Crippen LogP) is 1.50. The number of rotatable bonds is 2. The zero-order valence-electron chi connectivity index (χ0n) is 9.80. The van der Waals surface area contributed by atoms with Crippen LogP contribution < -0.4 is 4.90 Å². The monoisotopic (exact) mass is 229 g/mol. The Morgan fingerprint density at radius 3 is 2.82 bits per heavy atom. The summed E-state index contributed by atoms with van der Waals surface area (Å²) in [5.74, 6) is 2.37. The Balaban J connectivity index is 1.74. The van der Waals surface area contributed by atoms with Crippen molar-refractivity contribution in [2.75, 3.05) is 18.0 Å². The lowest BCUT2D eigenvalue weighted by Crippen LogP contribution is -2.21. The molecule has 1 aliphatic heterocycles. The van der Waals surface area contributed by atoms with Gasteiger partial charge in [-0.05, 0) is 19.4 Å². The first-order valence-corrected chi connectivity index (χ1v) is 5.86. The minimum Gasteiger partial charge on any atom is -0.346 e. The van der Waals surface area contributed by atoms with E-state index >= 15 is 0 Å². The lowest BCUT2D eigenvalue weighted by Gasteiger charge is -2.14. The van der Waals surface area contributed by atoms with Crippen LogP contribution in [0.15, 0.2) is 24.7 Å². The van der Waals surface area contributed by atoms with Crippen LogP contribution in [0.25, 0.3) is 0 Å². The number of aryl methyl sites for hydroxylation is 1. The number of nitrogens with zero attached hydrogens (tertiary/aromatic N) is 4. The molecule has 0 unspecified atom stereocenters. The van der Waals surface area contributed by atoms with Crippen LogP contribution >= 0.6 is 0 Å². The molecule has 17 heavy (non-hydrogen) atoms. The first kappa shape index (κ1) is 10.3. The van der Waals surface area contributed by atoms with Gasteiger partial charge in [0.15, 0.2) is 0 Å². The van der Waals surface area contributed by atoms with Crippen molar-refractivity contribution in [3.63, 3.8) is 0 Å². The van der Waals surface area contributed by atoms with Gasteiger partial charge in [-0.3, -0.25) is 0 Å². The molecule has 1 fully saturated rings. The van der Waals surface area contributed by atoms with Crippen LogP contribution in [0.3, 0.4) is 0 Å². The molecule has 1 aliphatic rings. The molecule has 3 heterocycles. The van der Waals surface area contributed by atoms with E-state index in [1.165, 1.54) is 0 Å². The van der Waals surface area contributed by atoms with Crippen molar-refractivity contribution in [1.29, 1.82) is 0 Å². The number of imidazole rings is 1. The van der Waals surface area contributed by atoms with Crippen LogP contribution in [0.5, 0.6) is 0 Å². The van der Waals surface area contributed by atoms with E-state index in [4.69, 9.17) is 0 Å². The first-order chi connectivity index (χ1) is 8.33. The Bertz CT molecular complexity index is 493. The average Bonchev–Trinajstić information content (AvgIpc) is 2.98. The van der Waals surface area contributed by atoms with Gasteiger partial charge in [0.1, 0.15) is 5.82 Å². The fraction of sp³-hybridized carbons (Fsp3) is 0.417. The Labute approximate surface area is 99.9 Å². The number of hydrogen-bond acceptors (Lipinski definition) is 4. The molecule has 5 nitrogen and oxygen atoms in total. The van der Waals surface area contributed by atoms with E-state index in [9.17, 15) is 0 Å². The molecule has 0 aromatic carbocycles. The molecule has 1 saturated heterocycles. The lowest BCUT2D eigenvalue weighted by molar-refractivity contribution is 0.719. The zero-order valence-corrected chi connectivity index (χ0v) is 9.80. The molecule has 2 aromatic rings. The highest BCUT2D eigenvalue weighted by molar-refractivity contribution is 5.32. The molecule has 5 heteroatoms. The number of anilines is 1. The average molecular weight is 229 g/mol. The van der Waals surface area contributed by atoms with Gasteiger partial charge >= 0.3 is 0 Å². The molecule has 88 valence electrons. The highest BCUT2D eigenvalue weighted by atomic mass is 15.3. The van der Waals surface area contributed by atoms with Crippen LogP contribution in [0.2, 0.25) is 0 Å². The predicted molar refractivity (Wildman–Crippen MR) is 64.9 cm³/mol. The normalized spacial score (nSPS) is 19.8. The molecule has 0 saturated carbocycles. The minimum atomic E-state index is 0.465. The highest BCUT2D eigenvalue weighted by Gasteiger charge is 2.27. The maximum Gasteiger partial charge on any atom is 0.225 e. The SMILES string of the molecule is Cc1cnc([C@@H]2CCN(c3ncccn3)C2)[nH]1. The third-order valence-electron chi connectivity index (χ3n) is 3.13. The van der Waals surface area contributed by atoms with E-state index in [1.54, 1.807) is 12.4 Å². The zero-order chi connectivity index (χ0) is 11.7. The van der Waals surface area contributed by atoms with E-state index in [0.717, 1.165) is 37.0 Å². The second kappa shape index (κ2) is 4.16. The van der Waals surface area contributed by atoms with Crippen molar-refractivity contribution in [1.82, 2.24) is 19.9 Å². The Morgan fingerprint density at radius 1 is 1.29 bits per heavy atom. The van der Waals surface area contributed by atoms with Gasteiger partial charge in [-0.1, -0.05) is 0 Å². The minimum absolute atomic E-state index is 0.465. The molecule has 0 aliphatic carbocycles. The van der Waals surface area contributed by atoms with Gasteiger partial charge in [-0.15, -0.1) is 0 Å². The van der Waals surface area contributed by atoms with E-state index in [1.807, 2.05) is 19.2 Å². The largest absolute Gasteiger partial charge is 0.346 e. The van der Waals surface area contributed by atoms with E-state index < -0.39 is 0 Å². The van der Waals surface area contributed by atoms with Crippen molar-refractivity contribution in [2.24, 2.45) is 0 Å². The molecular formula is C12H15N5. The highest BCUT2D eigenvalue weighted by Crippen LogP contribution is 2.26. The van der Waals surface area contributed by atoms with Crippen LogP contribution in [-0.4, -0.2) is 33.0 Å². The van der Waals surface area contributed by atoms with Crippen molar-refractivity contribution in [3.8, 4) is 0 Å². The molecule has 0 amide bonds. The van der Waals surface area contributed by atoms with Gasteiger partial charge in [0.2, 0.25) is 5.95 Å². The van der Waals surface area contributed by atoms with Crippen LogP contribution in [0.4, 0.5) is 5.95 Å². The van der Waals surface area contributed by atoms with Gasteiger partial charge in [0.25, 0.3) is 0 Å². The van der Waals surface area contributed by atoms with Crippen molar-refractivity contribution < 1.29 is 0 Å². The lowest BCUT2D eigenvalue weighted by atomic mass is 10.1. The summed E-state index contributed by atoms with van der Waals surface area (Å²) in [6, 6.07) is 1.84. The summed E-state index contributed by atoms with van der Waals surface area (Å²) >= 11 is 0. The first-order valence-electron chi connectivity index (χ1n) is 5.86. The maximum atomic E-state index is 4.40. The second-order valence-corrected chi connectivity index (χ2v) is 4.43. The maximum absolute atomic E-state index is 4.40. The third-order valence-corrected chi connectivity index (χ3v) is 3.13. The fourth-order valence-corrected chi connectivity index (χ4v) is 2.26. The summed E-state index contributed by atoms with van der Waals surface area (Å²) in [5.41, 5.74) is 1.12. The fourth-order valence-electron chi connectivity index (χ4n) is 2.26. The van der Waals surface area contributed by atoms with Gasteiger partial charge in [-0.25, -0.2) is 15.0 Å². The topological polar surface area (TPSA) is 57.7 Å². The van der Waals surface area contributed by atoms with E-state index in [0.29, 0.717) is 5.92 Å². The molecule has 2 aromatic heterocycles. The van der Waals surface area contributed by atoms with Crippen LogP contribution in [0, 0.1) is 6.92 Å². The quantitative estimate of drug-likeness (QED) is 0.848. The number of nitrogens with one attached hydrogen (secondary N) is 1. The van der Waals surface area contributed by atoms with Gasteiger partial charge in [0, 0.05) is 43.3 Å². The molecule has 0 spiro atoms. The van der Waals surface area contributed by atoms with Crippen LogP contribution in [-0.2, 0) is 0 Å². The van der Waals surface area contributed by atoms with E-state index in [2.05, 4.69) is 24.8 Å². The second-order valence-electron chi connectivity index (χ2n) is 4.43. The summed E-state index contributed by atoms with van der Waals surface area (Å²) in [7, 11) is 0. The van der Waals surface area contributed by atoms with Gasteiger partial charge in [-0.2, -0.15) is 0 Å². The summed E-state index contributed by atoms with van der Waals surface area (Å²) in [6.07, 6.45) is 6.56. The standard InChI is InChI=1S/C12H15N5/c1-9-7-15-11(16-9)10-3-6-17(8-10)12-13-4-2-5-14-12/h2,4-5,7,10H,3,6,8H2,1H3,(H,15,16)/t10-/m1/s1. The van der Waals surface area contributed by atoms with Gasteiger partial charge in [0.05, 0.1) is 0 Å². The molecule has 0 radical (unpaired) electrons. The molecule has 1 N–H and O–H groups in total. The number of aromatic amines is 1. The number of H-pyrrole nitrogens is 1. The Hall–Kier alpha value is -1.91. The van der Waals surface area contributed by atoms with Crippen LogP contribution in [0.1, 0.15) is 23.9 Å². The smallest absolute Gasteiger partial charge is 0.225 e. The summed E-state index contributed by atoms with van der Waals surface area (Å²) in [5, 5.41) is 0. The number of aromatic nitrogens is 4. The number of hydrogen-bond donors (Lipinski definition) is 1. The van der Waals surface area contributed by atoms with E-state index in [-0.39, 0.29) is 0 Å². The molecule has 1 atom stereocenters. The Kier molecular flexibility index (Phi) is 2.51. The van der Waals surface area contributed by atoms with Gasteiger partial charge < -0.3 is 9.88 Å². The summed E-state index contributed by atoms with van der Waals surface area (Å²) in [6.45, 7) is 3.97. The van der Waals surface area contributed by atoms with Crippen molar-refractivity contribution >= 4 is 5.95 Å². The summed E-state index contributed by atoms with van der Waals surface area (Å²) < 4.78 is 0. The Morgan fingerprint density at radius 2 is 2.12 bits per heavy atom.